The smallest absolute Gasteiger partial charge is 0.308 e. The fourth-order valence-electron chi connectivity index (χ4n) is 1.19. The molecule has 0 aliphatic rings. The van der Waals surface area contributed by atoms with Gasteiger partial charge in [-0.3, -0.25) is 9.59 Å². The maximum atomic E-state index is 11.6. The van der Waals surface area contributed by atoms with Crippen LogP contribution in [0.15, 0.2) is 4.79 Å². The average Bonchev–Trinajstić information content (AvgIpc) is 2.09. The van der Waals surface area contributed by atoms with E-state index >= 15 is 0 Å². The van der Waals surface area contributed by atoms with E-state index < -0.39 is 17.9 Å². The number of hydrogen-bond acceptors (Lipinski definition) is 4. The van der Waals surface area contributed by atoms with E-state index in [9.17, 15) is 9.59 Å². The van der Waals surface area contributed by atoms with Crippen LogP contribution in [0.3, 0.4) is 0 Å². The predicted molar refractivity (Wildman–Crippen MR) is 59.3 cm³/mol. The second kappa shape index (κ2) is 3.96. The molecule has 1 aromatic heterocycles. The molecule has 1 rings (SSSR count). The van der Waals surface area contributed by atoms with Crippen LogP contribution in [0.1, 0.15) is 32.2 Å². The van der Waals surface area contributed by atoms with E-state index in [2.05, 4.69) is 9.97 Å². The lowest BCUT2D eigenvalue weighted by atomic mass is 9.95. The van der Waals surface area contributed by atoms with Gasteiger partial charge in [0, 0.05) is 5.41 Å². The van der Waals surface area contributed by atoms with E-state index in [0.717, 1.165) is 0 Å². The van der Waals surface area contributed by atoms with Gasteiger partial charge < -0.3 is 15.8 Å². The number of nitrogen functional groups attached to an aromatic ring is 1. The highest BCUT2D eigenvalue weighted by Crippen LogP contribution is 2.18. The molecule has 0 bridgehead atoms. The van der Waals surface area contributed by atoms with E-state index in [1.54, 1.807) is 0 Å². The molecule has 1 aromatic rings. The maximum Gasteiger partial charge on any atom is 0.308 e. The van der Waals surface area contributed by atoms with Crippen molar-refractivity contribution < 1.29 is 9.90 Å². The average molecular weight is 225 g/mol. The third-order valence-corrected chi connectivity index (χ3v) is 2.09. The molecular weight excluding hydrogens is 210 g/mol. The summed E-state index contributed by atoms with van der Waals surface area (Å²) in [6.07, 6.45) is -0.418. The Morgan fingerprint density at radius 2 is 2.06 bits per heavy atom. The van der Waals surface area contributed by atoms with Crippen LogP contribution in [-0.4, -0.2) is 21.0 Å². The second-order valence-electron chi connectivity index (χ2n) is 4.60. The number of carbonyl (C=O) groups is 1. The molecule has 6 nitrogen and oxygen atoms in total. The molecule has 0 saturated carbocycles. The van der Waals surface area contributed by atoms with Crippen LogP contribution in [0.4, 0.5) is 5.82 Å². The maximum absolute atomic E-state index is 11.6. The minimum Gasteiger partial charge on any atom is -0.481 e. The zero-order chi connectivity index (χ0) is 12.5. The van der Waals surface area contributed by atoms with Crippen molar-refractivity contribution in [2.75, 3.05) is 5.73 Å². The summed E-state index contributed by atoms with van der Waals surface area (Å²) in [5.41, 5.74) is 4.75. The molecule has 16 heavy (non-hydrogen) atoms. The monoisotopic (exact) mass is 225 g/mol. The van der Waals surface area contributed by atoms with Gasteiger partial charge in [-0.1, -0.05) is 20.8 Å². The van der Waals surface area contributed by atoms with Crippen LogP contribution in [0.2, 0.25) is 0 Å². The summed E-state index contributed by atoms with van der Waals surface area (Å²) in [4.78, 5) is 28.7. The number of aliphatic carboxylic acids is 1. The molecule has 0 aliphatic heterocycles. The molecule has 0 radical (unpaired) electrons. The van der Waals surface area contributed by atoms with Crippen LogP contribution in [0.5, 0.6) is 0 Å². The zero-order valence-corrected chi connectivity index (χ0v) is 9.50. The minimum atomic E-state index is -1.11. The number of aromatic amines is 1. The Labute approximate surface area is 92.5 Å². The summed E-state index contributed by atoms with van der Waals surface area (Å²) in [5, 5.41) is 8.61. The summed E-state index contributed by atoms with van der Waals surface area (Å²) in [6.45, 7) is 5.63. The van der Waals surface area contributed by atoms with Crippen molar-refractivity contribution in [2.45, 2.75) is 32.6 Å². The number of rotatable bonds is 2. The number of carboxylic acid groups (broad SMARTS) is 1. The Bertz CT molecular complexity index is 471. The molecular formula is C10H15N3O3. The van der Waals surface area contributed by atoms with Gasteiger partial charge in [0.05, 0.1) is 12.0 Å². The predicted octanol–water partition coefficient (Wildman–Crippen LogP) is 0.277. The van der Waals surface area contributed by atoms with Crippen molar-refractivity contribution in [1.82, 2.24) is 9.97 Å². The van der Waals surface area contributed by atoms with Gasteiger partial charge in [-0.15, -0.1) is 0 Å². The quantitative estimate of drug-likeness (QED) is 0.669. The lowest BCUT2D eigenvalue weighted by Gasteiger charge is -2.17. The molecule has 0 unspecified atom stereocenters. The van der Waals surface area contributed by atoms with Crippen molar-refractivity contribution in [3.63, 3.8) is 0 Å². The highest BCUT2D eigenvalue weighted by atomic mass is 16.4. The number of nitrogens with one attached hydrogen (secondary N) is 1. The largest absolute Gasteiger partial charge is 0.481 e. The summed E-state index contributed by atoms with van der Waals surface area (Å²) in [5.74, 6) is -0.678. The highest BCUT2D eigenvalue weighted by molar-refractivity contribution is 5.71. The molecule has 0 aliphatic carbocycles. The first-order valence-electron chi connectivity index (χ1n) is 4.82. The number of nitrogens with zero attached hydrogens (tertiary/aromatic N) is 1. The Hall–Kier alpha value is -1.85. The van der Waals surface area contributed by atoms with Crippen LogP contribution >= 0.6 is 0 Å². The van der Waals surface area contributed by atoms with Gasteiger partial charge in [0.1, 0.15) is 11.6 Å². The highest BCUT2D eigenvalue weighted by Gasteiger charge is 2.20. The lowest BCUT2D eigenvalue weighted by Crippen LogP contribution is -2.27. The Morgan fingerprint density at radius 1 is 1.50 bits per heavy atom. The standard InChI is InChI=1S/C10H15N3O3/c1-10(2,3)9-12-7(11)5(4-6(14)15)8(16)13-9/h4H2,1-3H3,(H,14,15)(H3,11,12,13,16). The van der Waals surface area contributed by atoms with E-state index in [1.165, 1.54) is 0 Å². The Morgan fingerprint density at radius 3 is 2.44 bits per heavy atom. The minimum absolute atomic E-state index is 0.000463. The van der Waals surface area contributed by atoms with Crippen LogP contribution in [0.25, 0.3) is 0 Å². The number of aromatic nitrogens is 2. The number of nitrogens with two attached hydrogens (primary N) is 1. The van der Waals surface area contributed by atoms with E-state index in [0.29, 0.717) is 5.82 Å². The number of hydrogen-bond donors (Lipinski definition) is 3. The molecule has 88 valence electrons. The fraction of sp³-hybridized carbons (Fsp3) is 0.500. The van der Waals surface area contributed by atoms with Gasteiger partial charge in [-0.05, 0) is 0 Å². The van der Waals surface area contributed by atoms with Crippen molar-refractivity contribution >= 4 is 11.8 Å². The fourth-order valence-corrected chi connectivity index (χ4v) is 1.19. The van der Waals surface area contributed by atoms with Gasteiger partial charge in [0.25, 0.3) is 5.56 Å². The molecule has 0 atom stereocenters. The van der Waals surface area contributed by atoms with Gasteiger partial charge in [-0.25, -0.2) is 4.98 Å². The molecule has 0 aromatic carbocycles. The first kappa shape index (κ1) is 12.2. The number of anilines is 1. The Kier molecular flexibility index (Phi) is 3.02. The van der Waals surface area contributed by atoms with Crippen LogP contribution < -0.4 is 11.3 Å². The van der Waals surface area contributed by atoms with Crippen molar-refractivity contribution in [1.29, 1.82) is 0 Å². The third kappa shape index (κ3) is 2.59. The number of H-pyrrole nitrogens is 1. The first-order valence-corrected chi connectivity index (χ1v) is 4.82. The lowest BCUT2D eigenvalue weighted by molar-refractivity contribution is -0.136. The summed E-state index contributed by atoms with van der Waals surface area (Å²) >= 11 is 0. The van der Waals surface area contributed by atoms with Crippen molar-refractivity contribution in [3.8, 4) is 0 Å². The van der Waals surface area contributed by atoms with E-state index in [4.69, 9.17) is 10.8 Å². The van der Waals surface area contributed by atoms with Crippen LogP contribution in [0, 0.1) is 0 Å². The summed E-state index contributed by atoms with van der Waals surface area (Å²) in [7, 11) is 0. The van der Waals surface area contributed by atoms with Gasteiger partial charge >= 0.3 is 5.97 Å². The van der Waals surface area contributed by atoms with Gasteiger partial charge in [0.15, 0.2) is 0 Å². The third-order valence-electron chi connectivity index (χ3n) is 2.09. The summed E-state index contributed by atoms with van der Waals surface area (Å²) < 4.78 is 0. The molecule has 0 saturated heterocycles. The van der Waals surface area contributed by atoms with E-state index in [1.807, 2.05) is 20.8 Å². The molecule has 6 heteroatoms. The molecule has 0 fully saturated rings. The van der Waals surface area contributed by atoms with Crippen molar-refractivity contribution in [3.05, 3.63) is 21.7 Å². The second-order valence-corrected chi connectivity index (χ2v) is 4.60. The molecule has 4 N–H and O–H groups in total. The van der Waals surface area contributed by atoms with E-state index in [-0.39, 0.29) is 16.8 Å². The van der Waals surface area contributed by atoms with Crippen LogP contribution in [-0.2, 0) is 16.6 Å². The summed E-state index contributed by atoms with van der Waals surface area (Å²) in [6, 6.07) is 0. The van der Waals surface area contributed by atoms with Crippen molar-refractivity contribution in [2.24, 2.45) is 0 Å². The normalized spacial score (nSPS) is 11.4. The van der Waals surface area contributed by atoms with Gasteiger partial charge in [-0.2, -0.15) is 0 Å². The number of carboxylic acids is 1. The Balaban J connectivity index is 3.29. The zero-order valence-electron chi connectivity index (χ0n) is 9.50. The first-order chi connectivity index (χ1) is 7.21. The molecule has 0 amide bonds. The van der Waals surface area contributed by atoms with Gasteiger partial charge in [0.2, 0.25) is 0 Å². The molecule has 0 spiro atoms. The topological polar surface area (TPSA) is 109 Å². The molecule has 1 heterocycles. The SMILES string of the molecule is CC(C)(C)c1nc(N)c(CC(=O)O)c(=O)[nH]1.